The van der Waals surface area contributed by atoms with Gasteiger partial charge in [-0.1, -0.05) is 0 Å². The van der Waals surface area contributed by atoms with Gasteiger partial charge in [-0.3, -0.25) is 19.9 Å². The van der Waals surface area contributed by atoms with Crippen molar-refractivity contribution in [1.29, 1.82) is 0 Å². The highest BCUT2D eigenvalue weighted by Gasteiger charge is 2.28. The number of hydrogen-bond donors (Lipinski definition) is 1. The van der Waals surface area contributed by atoms with Gasteiger partial charge in [0.2, 0.25) is 5.91 Å². The molecule has 6 heteroatoms. The third kappa shape index (κ3) is 4.00. The average molecular weight is 380 g/mol. The first-order valence-corrected chi connectivity index (χ1v) is 10.3. The summed E-state index contributed by atoms with van der Waals surface area (Å²) in [5.74, 6) is 3.19. The molecule has 0 aromatic heterocycles. The van der Waals surface area contributed by atoms with Crippen LogP contribution in [0.25, 0.3) is 0 Å². The van der Waals surface area contributed by atoms with Crippen molar-refractivity contribution in [2.45, 2.75) is 38.1 Å². The van der Waals surface area contributed by atoms with Crippen molar-refractivity contribution < 1.29 is 9.59 Å². The fourth-order valence-electron chi connectivity index (χ4n) is 4.61. The molecule has 0 spiro atoms. The molecule has 6 nitrogen and oxygen atoms in total. The van der Waals surface area contributed by atoms with Crippen molar-refractivity contribution in [3.05, 3.63) is 24.3 Å². The summed E-state index contributed by atoms with van der Waals surface area (Å²) < 4.78 is 0. The second-order valence-corrected chi connectivity index (χ2v) is 7.97. The largest absolute Gasteiger partial charge is 0.369 e. The van der Waals surface area contributed by atoms with E-state index >= 15 is 0 Å². The molecule has 28 heavy (non-hydrogen) atoms. The highest BCUT2D eigenvalue weighted by atomic mass is 16.2. The van der Waals surface area contributed by atoms with E-state index in [-0.39, 0.29) is 11.9 Å². The highest BCUT2D eigenvalue weighted by Crippen LogP contribution is 2.29. The summed E-state index contributed by atoms with van der Waals surface area (Å²) >= 11 is 0. The van der Waals surface area contributed by atoms with Crippen molar-refractivity contribution in [3.8, 4) is 12.3 Å². The van der Waals surface area contributed by atoms with Crippen LogP contribution in [0.3, 0.4) is 0 Å². The zero-order valence-corrected chi connectivity index (χ0v) is 16.3. The zero-order valence-electron chi connectivity index (χ0n) is 16.3. The predicted octanol–water partition coefficient (Wildman–Crippen LogP) is 2.45. The van der Waals surface area contributed by atoms with Gasteiger partial charge in [-0.25, -0.2) is 4.79 Å². The fourth-order valence-corrected chi connectivity index (χ4v) is 4.61. The molecule has 2 aliphatic heterocycles. The monoisotopic (exact) mass is 380 g/mol. The molecule has 3 amide bonds. The van der Waals surface area contributed by atoms with Gasteiger partial charge in [-0.2, -0.15) is 0 Å². The standard InChI is InChI=1S/C22H28N4O2/c1-2-17-3-5-18(6-4-17)24-13-15-25(16-14-24)19-7-9-20(10-8-19)26-12-11-21(27)23-22(26)28/h1,7-10,17-18H,3-6,11-16H2,(H,23,27,28). The molecule has 1 aromatic rings. The van der Waals surface area contributed by atoms with Gasteiger partial charge in [0.05, 0.1) is 0 Å². The lowest BCUT2D eigenvalue weighted by molar-refractivity contribution is -0.120. The van der Waals surface area contributed by atoms with Crippen LogP contribution in [-0.4, -0.2) is 55.6 Å². The van der Waals surface area contributed by atoms with Gasteiger partial charge in [0.25, 0.3) is 0 Å². The Morgan fingerprint density at radius 3 is 2.14 bits per heavy atom. The van der Waals surface area contributed by atoms with E-state index in [0.29, 0.717) is 24.9 Å². The maximum Gasteiger partial charge on any atom is 0.328 e. The summed E-state index contributed by atoms with van der Waals surface area (Å²) in [5, 5.41) is 2.37. The first kappa shape index (κ1) is 18.8. The molecular weight excluding hydrogens is 352 g/mol. The molecule has 3 fully saturated rings. The van der Waals surface area contributed by atoms with Crippen LogP contribution in [-0.2, 0) is 4.79 Å². The Balaban J connectivity index is 1.31. The lowest BCUT2D eigenvalue weighted by atomic mass is 9.85. The highest BCUT2D eigenvalue weighted by molar-refractivity contribution is 6.05. The topological polar surface area (TPSA) is 55.9 Å². The summed E-state index contributed by atoms with van der Waals surface area (Å²) in [7, 11) is 0. The number of carbonyl (C=O) groups is 2. The Morgan fingerprint density at radius 1 is 0.893 bits per heavy atom. The van der Waals surface area contributed by atoms with E-state index in [4.69, 9.17) is 6.42 Å². The van der Waals surface area contributed by atoms with Crippen molar-refractivity contribution in [1.82, 2.24) is 10.2 Å². The number of terminal acetylenes is 1. The zero-order chi connectivity index (χ0) is 19.5. The van der Waals surface area contributed by atoms with Gasteiger partial charge in [-0.05, 0) is 49.9 Å². The van der Waals surface area contributed by atoms with E-state index in [1.54, 1.807) is 4.90 Å². The molecule has 0 radical (unpaired) electrons. The first-order valence-electron chi connectivity index (χ1n) is 10.3. The number of anilines is 2. The van der Waals surface area contributed by atoms with Gasteiger partial charge in [0, 0.05) is 62.5 Å². The Bertz CT molecular complexity index is 754. The molecule has 1 aromatic carbocycles. The van der Waals surface area contributed by atoms with Gasteiger partial charge in [0.1, 0.15) is 0 Å². The minimum atomic E-state index is -0.336. The van der Waals surface area contributed by atoms with Crippen molar-refractivity contribution in [3.63, 3.8) is 0 Å². The molecule has 0 atom stereocenters. The molecular formula is C22H28N4O2. The van der Waals surface area contributed by atoms with E-state index in [9.17, 15) is 9.59 Å². The SMILES string of the molecule is C#CC1CCC(N2CCN(c3ccc(N4CCC(=O)NC4=O)cc3)CC2)CC1. The number of benzene rings is 1. The maximum absolute atomic E-state index is 12.0. The van der Waals surface area contributed by atoms with Crippen LogP contribution in [0.1, 0.15) is 32.1 Å². The van der Waals surface area contributed by atoms with Crippen LogP contribution in [0, 0.1) is 18.3 Å². The Labute approximate surface area is 166 Å². The Hall–Kier alpha value is -2.52. The minimum absolute atomic E-state index is 0.205. The van der Waals surface area contributed by atoms with Crippen LogP contribution < -0.4 is 15.1 Å². The molecule has 4 rings (SSSR count). The number of nitrogens with zero attached hydrogens (tertiary/aromatic N) is 3. The van der Waals surface area contributed by atoms with E-state index in [0.717, 1.165) is 31.9 Å². The predicted molar refractivity (Wildman–Crippen MR) is 110 cm³/mol. The van der Waals surface area contributed by atoms with Gasteiger partial charge in [-0.15, -0.1) is 12.3 Å². The molecule has 1 N–H and O–H groups in total. The number of hydrogen-bond acceptors (Lipinski definition) is 4. The smallest absolute Gasteiger partial charge is 0.328 e. The third-order valence-electron chi connectivity index (χ3n) is 6.34. The summed E-state index contributed by atoms with van der Waals surface area (Å²) in [6.07, 6.45) is 10.7. The molecule has 1 saturated carbocycles. The number of imide groups is 1. The fraction of sp³-hybridized carbons (Fsp3) is 0.545. The summed E-state index contributed by atoms with van der Waals surface area (Å²) in [6, 6.07) is 8.45. The summed E-state index contributed by atoms with van der Waals surface area (Å²) in [4.78, 5) is 30.0. The third-order valence-corrected chi connectivity index (χ3v) is 6.34. The van der Waals surface area contributed by atoms with Crippen LogP contribution in [0.15, 0.2) is 24.3 Å². The molecule has 148 valence electrons. The maximum atomic E-state index is 12.0. The van der Waals surface area contributed by atoms with Crippen LogP contribution in [0.4, 0.5) is 16.2 Å². The number of amides is 3. The molecule has 2 saturated heterocycles. The minimum Gasteiger partial charge on any atom is -0.369 e. The van der Waals surface area contributed by atoms with Gasteiger partial charge >= 0.3 is 6.03 Å². The average Bonchev–Trinajstić information content (AvgIpc) is 2.74. The number of carbonyl (C=O) groups excluding carboxylic acids is 2. The van der Waals surface area contributed by atoms with Crippen molar-refractivity contribution in [2.75, 3.05) is 42.5 Å². The number of urea groups is 1. The van der Waals surface area contributed by atoms with Gasteiger partial charge < -0.3 is 4.90 Å². The molecule has 3 aliphatic rings. The van der Waals surface area contributed by atoms with E-state index in [1.165, 1.54) is 31.4 Å². The normalized spacial score (nSPS) is 26.7. The van der Waals surface area contributed by atoms with Crippen LogP contribution >= 0.6 is 0 Å². The molecule has 0 unspecified atom stereocenters. The molecule has 2 heterocycles. The van der Waals surface area contributed by atoms with Gasteiger partial charge in [0.15, 0.2) is 0 Å². The lowest BCUT2D eigenvalue weighted by Crippen LogP contribution is -2.51. The van der Waals surface area contributed by atoms with Crippen molar-refractivity contribution in [2.24, 2.45) is 5.92 Å². The first-order chi connectivity index (χ1) is 13.6. The van der Waals surface area contributed by atoms with Crippen molar-refractivity contribution >= 4 is 23.3 Å². The molecule has 1 aliphatic carbocycles. The number of rotatable bonds is 3. The number of piperazine rings is 1. The van der Waals surface area contributed by atoms with Crippen LogP contribution in [0.5, 0.6) is 0 Å². The summed E-state index contributed by atoms with van der Waals surface area (Å²) in [6.45, 7) is 4.65. The second kappa shape index (κ2) is 8.24. The Morgan fingerprint density at radius 2 is 1.54 bits per heavy atom. The van der Waals surface area contributed by atoms with E-state index in [1.807, 2.05) is 12.1 Å². The van der Waals surface area contributed by atoms with E-state index in [2.05, 4.69) is 33.2 Å². The Kier molecular flexibility index (Phi) is 5.54. The second-order valence-electron chi connectivity index (χ2n) is 7.97. The molecule has 0 bridgehead atoms. The lowest BCUT2D eigenvalue weighted by Gasteiger charge is -2.42. The summed E-state index contributed by atoms with van der Waals surface area (Å²) in [5.41, 5.74) is 2.02. The number of nitrogens with one attached hydrogen (secondary N) is 1. The van der Waals surface area contributed by atoms with Crippen LogP contribution in [0.2, 0.25) is 0 Å². The van der Waals surface area contributed by atoms with E-state index < -0.39 is 0 Å². The quantitative estimate of drug-likeness (QED) is 0.819.